The van der Waals surface area contributed by atoms with Gasteiger partial charge in [0.2, 0.25) is 0 Å². The van der Waals surface area contributed by atoms with Crippen molar-refractivity contribution >= 4 is 17.0 Å². The second-order valence-electron chi connectivity index (χ2n) is 5.70. The lowest BCUT2D eigenvalue weighted by Crippen LogP contribution is -2.50. The van der Waals surface area contributed by atoms with Crippen LogP contribution in [0.4, 0.5) is 4.79 Å². The van der Waals surface area contributed by atoms with Crippen LogP contribution in [0.25, 0.3) is 11.0 Å². The van der Waals surface area contributed by atoms with E-state index in [0.29, 0.717) is 32.8 Å². The lowest BCUT2D eigenvalue weighted by molar-refractivity contribution is -0.0494. The molecule has 23 heavy (non-hydrogen) atoms. The lowest BCUT2D eigenvalue weighted by atomic mass is 10.1. The highest BCUT2D eigenvalue weighted by Gasteiger charge is 2.24. The molecule has 2 amide bonds. The Morgan fingerprint density at radius 1 is 1.43 bits per heavy atom. The van der Waals surface area contributed by atoms with Crippen molar-refractivity contribution in [2.45, 2.75) is 19.6 Å². The molecule has 1 fully saturated rings. The second kappa shape index (κ2) is 7.02. The maximum Gasteiger partial charge on any atom is 0.317 e. The molecule has 0 radical (unpaired) electrons. The standard InChI is InChI=1S/C17H22N2O4/c1-12-14-5-3-4-6-15(14)23-16(12)9-18-17(20)19-7-8-22-13(10-19)11-21-2/h3-6,13H,7-11H2,1-2H3,(H,18,20)/t13-/m0/s1. The van der Waals surface area contributed by atoms with Crippen LogP contribution in [0.1, 0.15) is 11.3 Å². The van der Waals surface area contributed by atoms with Crippen molar-refractivity contribution in [3.63, 3.8) is 0 Å². The topological polar surface area (TPSA) is 63.9 Å². The van der Waals surface area contributed by atoms with Crippen LogP contribution < -0.4 is 5.32 Å². The number of nitrogens with zero attached hydrogens (tertiary/aromatic N) is 1. The van der Waals surface area contributed by atoms with Crippen LogP contribution >= 0.6 is 0 Å². The van der Waals surface area contributed by atoms with E-state index in [1.165, 1.54) is 0 Å². The number of fused-ring (bicyclic) bond motifs is 1. The molecule has 124 valence electrons. The number of rotatable bonds is 4. The highest BCUT2D eigenvalue weighted by Crippen LogP contribution is 2.24. The van der Waals surface area contributed by atoms with Gasteiger partial charge in [0, 0.05) is 24.6 Å². The molecular weight excluding hydrogens is 296 g/mol. The summed E-state index contributed by atoms with van der Waals surface area (Å²) in [5.74, 6) is 0.793. The molecule has 1 aromatic heterocycles. The number of carbonyl (C=O) groups is 1. The van der Waals surface area contributed by atoms with Crippen LogP contribution in [0.3, 0.4) is 0 Å². The molecule has 0 aliphatic carbocycles. The van der Waals surface area contributed by atoms with Gasteiger partial charge in [-0.2, -0.15) is 0 Å². The number of benzene rings is 1. The molecule has 0 spiro atoms. The van der Waals surface area contributed by atoms with E-state index < -0.39 is 0 Å². The number of furan rings is 1. The average Bonchev–Trinajstić information content (AvgIpc) is 2.90. The van der Waals surface area contributed by atoms with Crippen LogP contribution in [-0.4, -0.2) is 50.4 Å². The Morgan fingerprint density at radius 3 is 3.04 bits per heavy atom. The summed E-state index contributed by atoms with van der Waals surface area (Å²) in [6, 6.07) is 7.78. The molecule has 0 bridgehead atoms. The highest BCUT2D eigenvalue weighted by molar-refractivity contribution is 5.82. The number of aryl methyl sites for hydroxylation is 1. The number of amides is 2. The van der Waals surface area contributed by atoms with E-state index >= 15 is 0 Å². The zero-order valence-corrected chi connectivity index (χ0v) is 13.5. The van der Waals surface area contributed by atoms with Gasteiger partial charge in [-0.05, 0) is 13.0 Å². The van der Waals surface area contributed by atoms with E-state index in [-0.39, 0.29) is 12.1 Å². The Hall–Kier alpha value is -2.05. The number of methoxy groups -OCH3 is 1. The van der Waals surface area contributed by atoms with Gasteiger partial charge in [-0.3, -0.25) is 0 Å². The Morgan fingerprint density at radius 2 is 2.26 bits per heavy atom. The van der Waals surface area contributed by atoms with Gasteiger partial charge in [0.15, 0.2) is 0 Å². The summed E-state index contributed by atoms with van der Waals surface area (Å²) >= 11 is 0. The summed E-state index contributed by atoms with van der Waals surface area (Å²) in [6.45, 7) is 4.55. The van der Waals surface area contributed by atoms with Crippen LogP contribution in [0.2, 0.25) is 0 Å². The van der Waals surface area contributed by atoms with Gasteiger partial charge >= 0.3 is 6.03 Å². The smallest absolute Gasteiger partial charge is 0.317 e. The summed E-state index contributed by atoms with van der Waals surface area (Å²) in [5, 5.41) is 4.02. The van der Waals surface area contributed by atoms with E-state index in [4.69, 9.17) is 13.9 Å². The predicted octanol–water partition coefficient (Wildman–Crippen LogP) is 2.30. The van der Waals surface area contributed by atoms with Crippen molar-refractivity contribution in [2.75, 3.05) is 33.4 Å². The van der Waals surface area contributed by atoms with Crippen molar-refractivity contribution in [2.24, 2.45) is 0 Å². The second-order valence-corrected chi connectivity index (χ2v) is 5.70. The van der Waals surface area contributed by atoms with Crippen molar-refractivity contribution in [3.05, 3.63) is 35.6 Å². The molecule has 2 aromatic rings. The minimum absolute atomic E-state index is 0.0626. The van der Waals surface area contributed by atoms with Gasteiger partial charge in [-0.15, -0.1) is 0 Å². The molecule has 2 heterocycles. The van der Waals surface area contributed by atoms with Crippen molar-refractivity contribution < 1.29 is 18.7 Å². The van der Waals surface area contributed by atoms with Gasteiger partial charge in [0.05, 0.1) is 32.4 Å². The fourth-order valence-electron chi connectivity index (χ4n) is 2.85. The molecule has 0 saturated carbocycles. The molecule has 1 N–H and O–H groups in total. The minimum Gasteiger partial charge on any atom is -0.459 e. The van der Waals surface area contributed by atoms with E-state index in [9.17, 15) is 4.79 Å². The van der Waals surface area contributed by atoms with Gasteiger partial charge < -0.3 is 24.1 Å². The van der Waals surface area contributed by atoms with Crippen LogP contribution in [0.5, 0.6) is 0 Å². The number of hydrogen-bond donors (Lipinski definition) is 1. The number of para-hydroxylation sites is 1. The number of ether oxygens (including phenoxy) is 2. The zero-order valence-electron chi connectivity index (χ0n) is 13.5. The molecule has 6 heteroatoms. The van der Waals surface area contributed by atoms with E-state index in [1.54, 1.807) is 12.0 Å². The van der Waals surface area contributed by atoms with Gasteiger partial charge in [-0.25, -0.2) is 4.79 Å². The van der Waals surface area contributed by atoms with E-state index in [0.717, 1.165) is 22.3 Å². The van der Waals surface area contributed by atoms with Crippen molar-refractivity contribution in [1.82, 2.24) is 10.2 Å². The molecule has 1 aliphatic rings. The Bertz CT molecular complexity index is 680. The maximum absolute atomic E-state index is 12.3. The first-order valence-corrected chi connectivity index (χ1v) is 7.79. The SMILES string of the molecule is COC[C@@H]1CN(C(=O)NCc2oc3ccccc3c2C)CCO1. The first-order valence-electron chi connectivity index (χ1n) is 7.79. The Balaban J connectivity index is 1.60. The average molecular weight is 318 g/mol. The minimum atomic E-state index is -0.103. The maximum atomic E-state index is 12.3. The summed E-state index contributed by atoms with van der Waals surface area (Å²) in [6.07, 6.45) is -0.0626. The molecule has 1 aromatic carbocycles. The first-order chi connectivity index (χ1) is 11.2. The summed E-state index contributed by atoms with van der Waals surface area (Å²) < 4.78 is 16.5. The fourth-order valence-corrected chi connectivity index (χ4v) is 2.85. The Kier molecular flexibility index (Phi) is 4.83. The molecule has 1 saturated heterocycles. The number of urea groups is 1. The molecular formula is C17H22N2O4. The predicted molar refractivity (Wildman–Crippen MR) is 86.4 cm³/mol. The number of hydrogen-bond acceptors (Lipinski definition) is 4. The van der Waals surface area contributed by atoms with E-state index in [2.05, 4.69) is 5.32 Å². The quantitative estimate of drug-likeness (QED) is 0.939. The fraction of sp³-hybridized carbons (Fsp3) is 0.471. The molecule has 3 rings (SSSR count). The normalized spacial score (nSPS) is 18.3. The third kappa shape index (κ3) is 3.48. The van der Waals surface area contributed by atoms with Gasteiger partial charge in [-0.1, -0.05) is 18.2 Å². The van der Waals surface area contributed by atoms with Gasteiger partial charge in [0.25, 0.3) is 0 Å². The molecule has 1 atom stereocenters. The summed E-state index contributed by atoms with van der Waals surface area (Å²) in [4.78, 5) is 14.1. The number of nitrogens with one attached hydrogen (secondary N) is 1. The number of morpholine rings is 1. The van der Waals surface area contributed by atoms with Crippen molar-refractivity contribution in [1.29, 1.82) is 0 Å². The summed E-state index contributed by atoms with van der Waals surface area (Å²) in [5.41, 5.74) is 1.92. The third-order valence-electron chi connectivity index (χ3n) is 4.12. The highest BCUT2D eigenvalue weighted by atomic mass is 16.5. The van der Waals surface area contributed by atoms with Crippen LogP contribution in [0, 0.1) is 6.92 Å². The first kappa shape index (κ1) is 15.8. The summed E-state index contributed by atoms with van der Waals surface area (Å²) in [7, 11) is 1.63. The van der Waals surface area contributed by atoms with Crippen LogP contribution in [-0.2, 0) is 16.0 Å². The van der Waals surface area contributed by atoms with Crippen molar-refractivity contribution in [3.8, 4) is 0 Å². The van der Waals surface area contributed by atoms with E-state index in [1.807, 2.05) is 31.2 Å². The zero-order chi connectivity index (χ0) is 16.2. The molecule has 0 unspecified atom stereocenters. The molecule has 6 nitrogen and oxygen atoms in total. The lowest BCUT2D eigenvalue weighted by Gasteiger charge is -2.32. The Labute approximate surface area is 135 Å². The van der Waals surface area contributed by atoms with Crippen LogP contribution in [0.15, 0.2) is 28.7 Å². The largest absolute Gasteiger partial charge is 0.459 e. The van der Waals surface area contributed by atoms with Gasteiger partial charge in [0.1, 0.15) is 11.3 Å². The molecule has 1 aliphatic heterocycles. The number of carbonyl (C=O) groups excluding carboxylic acids is 1. The monoisotopic (exact) mass is 318 g/mol. The third-order valence-corrected chi connectivity index (χ3v) is 4.12.